The van der Waals surface area contributed by atoms with Gasteiger partial charge in [0, 0.05) is 73.8 Å². The Labute approximate surface area is 363 Å². The molecular weight excluding hydrogens is 861 g/mol. The lowest BCUT2D eigenvalue weighted by Crippen LogP contribution is -2.38. The molecule has 0 saturated carbocycles. The SMILES string of the molecule is CON(C)C(=O)C1=CN(CCCS(C)(=O)=O)C2N=C(C=CC=CC=C3N(CCCS(=O)(=O)O)c4ccc(S(=O)(=O)O)cc4C3(C)c3ccc(C(=O)NCCN)cc3)C(C)(C)C2=C1. The van der Waals surface area contributed by atoms with Gasteiger partial charge in [0.05, 0.1) is 34.5 Å². The van der Waals surface area contributed by atoms with E-state index in [0.717, 1.165) is 10.6 Å². The Kier molecular flexibility index (Phi) is 14.6. The van der Waals surface area contributed by atoms with Crippen LogP contribution < -0.4 is 16.0 Å². The average molecular weight is 915 g/mol. The number of nitrogens with one attached hydrogen (secondary N) is 1. The first kappa shape index (κ1) is 48.1. The number of hydroxylamine groups is 2. The van der Waals surface area contributed by atoms with E-state index in [-0.39, 0.29) is 48.5 Å². The Morgan fingerprint density at radius 1 is 0.968 bits per heavy atom. The molecule has 5 N–H and O–H groups in total. The maximum atomic E-state index is 13.2. The van der Waals surface area contributed by atoms with E-state index in [1.165, 1.54) is 38.6 Å². The van der Waals surface area contributed by atoms with Crippen molar-refractivity contribution in [3.05, 3.63) is 119 Å². The number of sulfone groups is 1. The molecule has 5 rings (SSSR count). The quantitative estimate of drug-likeness (QED) is 0.0952. The van der Waals surface area contributed by atoms with Gasteiger partial charge in [-0.1, -0.05) is 44.2 Å². The first-order chi connectivity index (χ1) is 28.9. The van der Waals surface area contributed by atoms with Crippen LogP contribution in [0.25, 0.3) is 0 Å². The summed E-state index contributed by atoms with van der Waals surface area (Å²) in [6.45, 7) is 6.77. The minimum atomic E-state index is -4.64. The number of allylic oxidation sites excluding steroid dienone is 6. The van der Waals surface area contributed by atoms with Crippen molar-refractivity contribution in [2.75, 3.05) is 63.0 Å². The highest BCUT2D eigenvalue weighted by atomic mass is 32.2. The summed E-state index contributed by atoms with van der Waals surface area (Å²) in [5.74, 6) is -1.28. The number of carbonyl (C=O) groups excluding carboxylic acids is 2. The number of benzene rings is 2. The first-order valence-electron chi connectivity index (χ1n) is 19.7. The second kappa shape index (κ2) is 18.8. The van der Waals surface area contributed by atoms with E-state index in [1.54, 1.807) is 60.8 Å². The molecule has 17 nitrogen and oxygen atoms in total. The van der Waals surface area contributed by atoms with Gasteiger partial charge in [0.2, 0.25) is 0 Å². The summed E-state index contributed by atoms with van der Waals surface area (Å²) in [6, 6.07) is 10.9. The zero-order valence-corrected chi connectivity index (χ0v) is 37.9. The highest BCUT2D eigenvalue weighted by Gasteiger charge is 2.46. The third-order valence-corrected chi connectivity index (χ3v) is 13.8. The van der Waals surface area contributed by atoms with Crippen LogP contribution in [-0.2, 0) is 45.1 Å². The topological polar surface area (TPSA) is 246 Å². The van der Waals surface area contributed by atoms with Crippen molar-refractivity contribution >= 4 is 53.3 Å². The van der Waals surface area contributed by atoms with E-state index in [1.807, 2.05) is 36.6 Å². The predicted octanol–water partition coefficient (Wildman–Crippen LogP) is 3.41. The minimum Gasteiger partial charge on any atom is -0.352 e. The van der Waals surface area contributed by atoms with Crippen molar-refractivity contribution in [1.82, 2.24) is 15.3 Å². The highest BCUT2D eigenvalue weighted by molar-refractivity contribution is 7.90. The van der Waals surface area contributed by atoms with Gasteiger partial charge in [-0.25, -0.2) is 13.5 Å². The Hall–Kier alpha value is -4.96. The first-order valence-corrected chi connectivity index (χ1v) is 24.8. The van der Waals surface area contributed by atoms with Gasteiger partial charge < -0.3 is 20.9 Å². The number of likely N-dealkylation sites (N-methyl/N-ethyl adjacent to an activating group) is 1. The van der Waals surface area contributed by atoms with E-state index >= 15 is 0 Å². The molecule has 2 atom stereocenters. The number of amides is 2. The lowest BCUT2D eigenvalue weighted by Gasteiger charge is -2.34. The van der Waals surface area contributed by atoms with Crippen molar-refractivity contribution in [2.24, 2.45) is 16.1 Å². The van der Waals surface area contributed by atoms with E-state index < -0.39 is 52.8 Å². The number of rotatable bonds is 18. The zero-order valence-electron chi connectivity index (χ0n) is 35.5. The predicted molar refractivity (Wildman–Crippen MR) is 237 cm³/mol. The summed E-state index contributed by atoms with van der Waals surface area (Å²) < 4.78 is 91.8. The molecule has 0 aliphatic carbocycles. The molecule has 3 heterocycles. The molecule has 20 heteroatoms. The Morgan fingerprint density at radius 3 is 2.26 bits per heavy atom. The van der Waals surface area contributed by atoms with Crippen LogP contribution >= 0.6 is 0 Å². The second-order valence-electron chi connectivity index (χ2n) is 15.9. The standard InChI is InChI=1S/C42H54N6O11S3/c1-41(2)34-26-30(40(50)46(4)59-5)28-47(22-10-24-60(6,51)52)38(34)45-36(41)12-8-7-9-13-37-42(3,31-16-14-29(15-17-31)39(49)44-21-20-43)33-27-32(62(56,57)58)18-19-35(33)48(37)23-11-25-61(53,54)55/h7-9,12-19,26-28,38H,10-11,20-25,43H2,1-6H3,(H,44,49)(H,53,54,55)(H,56,57,58). The van der Waals surface area contributed by atoms with Gasteiger partial charge in [0.25, 0.3) is 32.1 Å². The Bertz CT molecular complexity index is 2600. The molecule has 0 saturated heterocycles. The highest BCUT2D eigenvalue weighted by Crippen LogP contribution is 2.52. The van der Waals surface area contributed by atoms with Crippen LogP contribution in [0.1, 0.15) is 55.1 Å². The fourth-order valence-electron chi connectivity index (χ4n) is 7.78. The smallest absolute Gasteiger partial charge is 0.294 e. The lowest BCUT2D eigenvalue weighted by molar-refractivity contribution is -0.163. The average Bonchev–Trinajstić information content (AvgIpc) is 3.60. The number of carbonyl (C=O) groups is 2. The van der Waals surface area contributed by atoms with Crippen LogP contribution in [0.3, 0.4) is 0 Å². The molecule has 3 aliphatic heterocycles. The minimum absolute atomic E-state index is 0.0107. The number of hydrogen-bond acceptors (Lipinski definition) is 13. The summed E-state index contributed by atoms with van der Waals surface area (Å²) in [6.07, 6.45) is 13.4. The molecule has 0 fully saturated rings. The van der Waals surface area contributed by atoms with Gasteiger partial charge >= 0.3 is 0 Å². The molecule has 2 unspecified atom stereocenters. The number of aliphatic imine (C=N–C) groups is 1. The summed E-state index contributed by atoms with van der Waals surface area (Å²) in [4.78, 5) is 39.5. The van der Waals surface area contributed by atoms with Gasteiger partial charge in [-0.15, -0.1) is 0 Å². The van der Waals surface area contributed by atoms with Crippen LogP contribution in [-0.4, -0.2) is 126 Å². The normalized spacial score (nSPS) is 20.6. The van der Waals surface area contributed by atoms with Crippen LogP contribution in [0, 0.1) is 5.41 Å². The van der Waals surface area contributed by atoms with Crippen molar-refractivity contribution in [3.8, 4) is 0 Å². The molecule has 2 aromatic rings. The van der Waals surface area contributed by atoms with E-state index in [2.05, 4.69) is 5.32 Å². The molecule has 0 spiro atoms. The van der Waals surface area contributed by atoms with Crippen LogP contribution in [0.5, 0.6) is 0 Å². The van der Waals surface area contributed by atoms with Gasteiger partial charge in [-0.2, -0.15) is 16.8 Å². The number of nitrogens with two attached hydrogens (primary N) is 1. The summed E-state index contributed by atoms with van der Waals surface area (Å²) in [5.41, 5.74) is 8.31. The lowest BCUT2D eigenvalue weighted by atomic mass is 9.75. The van der Waals surface area contributed by atoms with Gasteiger partial charge in [-0.05, 0) is 85.0 Å². The molecule has 0 aromatic heterocycles. The van der Waals surface area contributed by atoms with Crippen LogP contribution in [0.4, 0.5) is 5.69 Å². The summed E-state index contributed by atoms with van der Waals surface area (Å²) >= 11 is 0. The van der Waals surface area contributed by atoms with Crippen LogP contribution in [0.2, 0.25) is 0 Å². The molecule has 3 aliphatic rings. The Balaban J connectivity index is 1.55. The van der Waals surface area contributed by atoms with Crippen molar-refractivity contribution in [3.63, 3.8) is 0 Å². The zero-order chi connectivity index (χ0) is 45.8. The molecule has 0 bridgehead atoms. The van der Waals surface area contributed by atoms with Crippen molar-refractivity contribution < 1.29 is 48.8 Å². The third kappa shape index (κ3) is 10.8. The number of fused-ring (bicyclic) bond motifs is 2. The molecule has 2 amide bonds. The van der Waals surface area contributed by atoms with Gasteiger partial charge in [-0.3, -0.25) is 28.5 Å². The molecule has 62 heavy (non-hydrogen) atoms. The summed E-state index contributed by atoms with van der Waals surface area (Å²) in [5, 5.41) is 3.83. The maximum absolute atomic E-state index is 13.2. The fourth-order valence-corrected chi connectivity index (χ4v) is 9.43. The van der Waals surface area contributed by atoms with Crippen molar-refractivity contribution in [1.29, 1.82) is 0 Å². The van der Waals surface area contributed by atoms with Gasteiger partial charge in [0.15, 0.2) is 0 Å². The number of hydrogen-bond donors (Lipinski definition) is 4. The van der Waals surface area contributed by atoms with E-state index in [9.17, 15) is 43.9 Å². The fraction of sp³-hybridized carbons (Fsp3) is 0.405. The largest absolute Gasteiger partial charge is 0.352 e. The van der Waals surface area contributed by atoms with Gasteiger partial charge in [0.1, 0.15) is 16.0 Å². The maximum Gasteiger partial charge on any atom is 0.294 e. The number of nitrogens with zero attached hydrogens (tertiary/aromatic N) is 4. The third-order valence-electron chi connectivity index (χ3n) is 11.1. The van der Waals surface area contributed by atoms with Crippen LogP contribution in [0.15, 0.2) is 112 Å². The molecule has 2 aromatic carbocycles. The Morgan fingerprint density at radius 2 is 1.65 bits per heavy atom. The number of anilines is 1. The van der Waals surface area contributed by atoms with Crippen molar-refractivity contribution in [2.45, 2.75) is 50.1 Å². The summed E-state index contributed by atoms with van der Waals surface area (Å²) in [7, 11) is -9.30. The monoisotopic (exact) mass is 914 g/mol. The molecule has 0 radical (unpaired) electrons. The molecular formula is C42H54N6O11S3. The second-order valence-corrected chi connectivity index (χ2v) is 21.1. The van der Waals surface area contributed by atoms with E-state index in [4.69, 9.17) is 15.6 Å². The molecule has 336 valence electrons. The van der Waals surface area contributed by atoms with E-state index in [0.29, 0.717) is 52.3 Å².